The van der Waals surface area contributed by atoms with Crippen LogP contribution in [-0.4, -0.2) is 28.6 Å². The highest BCUT2D eigenvalue weighted by Gasteiger charge is 2.30. The van der Waals surface area contributed by atoms with Gasteiger partial charge >= 0.3 is 0 Å². The number of ether oxygens (including phenoxy) is 1. The zero-order valence-electron chi connectivity index (χ0n) is 13.0. The third kappa shape index (κ3) is 3.58. The van der Waals surface area contributed by atoms with E-state index in [1.54, 1.807) is 0 Å². The Hall–Kier alpha value is -3.00. The number of amides is 1. The van der Waals surface area contributed by atoms with E-state index in [0.29, 0.717) is 11.3 Å². The van der Waals surface area contributed by atoms with Crippen LogP contribution in [-0.2, 0) is 0 Å². The summed E-state index contributed by atoms with van der Waals surface area (Å²) in [7, 11) is 0. The van der Waals surface area contributed by atoms with E-state index in [-0.39, 0.29) is 24.3 Å². The first-order valence-corrected chi connectivity index (χ1v) is 7.61. The lowest BCUT2D eigenvalue weighted by Gasteiger charge is -2.22. The standard InChI is InChI=1S/C17H15FN2O5/c18-11-3-1-10(2-4-11)17(22)19-16-13-9-12(20(23)24)5-6-15(13)25-8-7-14(16)21/h1-6,9,14,16,21H,7-8H2,(H,19,22). The van der Waals surface area contributed by atoms with Crippen LogP contribution in [0.1, 0.15) is 28.4 Å². The summed E-state index contributed by atoms with van der Waals surface area (Å²) in [5.41, 5.74) is 0.373. The number of nitro groups is 1. The number of non-ortho nitro benzene ring substituents is 1. The molecule has 0 radical (unpaired) electrons. The number of hydrogen-bond acceptors (Lipinski definition) is 5. The van der Waals surface area contributed by atoms with Crippen LogP contribution in [0.25, 0.3) is 0 Å². The van der Waals surface area contributed by atoms with Crippen molar-refractivity contribution in [1.29, 1.82) is 0 Å². The predicted molar refractivity (Wildman–Crippen MR) is 85.8 cm³/mol. The van der Waals surface area contributed by atoms with Gasteiger partial charge in [-0.25, -0.2) is 4.39 Å². The summed E-state index contributed by atoms with van der Waals surface area (Å²) >= 11 is 0. The van der Waals surface area contributed by atoms with E-state index in [0.717, 1.165) is 12.1 Å². The van der Waals surface area contributed by atoms with Crippen LogP contribution in [0.5, 0.6) is 5.75 Å². The molecule has 0 spiro atoms. The summed E-state index contributed by atoms with van der Waals surface area (Å²) in [6, 6.07) is 8.09. The van der Waals surface area contributed by atoms with E-state index < -0.39 is 28.8 Å². The van der Waals surface area contributed by atoms with Gasteiger partial charge in [0.2, 0.25) is 0 Å². The fourth-order valence-electron chi connectivity index (χ4n) is 2.69. The molecule has 0 aromatic heterocycles. The van der Waals surface area contributed by atoms with Crippen molar-refractivity contribution in [3.05, 3.63) is 69.5 Å². The Balaban J connectivity index is 1.93. The first-order chi connectivity index (χ1) is 12.0. The molecule has 3 rings (SSSR count). The van der Waals surface area contributed by atoms with Gasteiger partial charge in [0.1, 0.15) is 11.6 Å². The Morgan fingerprint density at radius 3 is 2.68 bits per heavy atom. The molecule has 0 aliphatic carbocycles. The number of aliphatic hydroxyl groups excluding tert-OH is 1. The van der Waals surface area contributed by atoms with Gasteiger partial charge in [0.15, 0.2) is 0 Å². The molecule has 1 aliphatic heterocycles. The topological polar surface area (TPSA) is 102 Å². The number of hydrogen-bond donors (Lipinski definition) is 2. The van der Waals surface area contributed by atoms with E-state index in [1.807, 2.05) is 0 Å². The molecule has 2 N–H and O–H groups in total. The lowest BCUT2D eigenvalue weighted by Crippen LogP contribution is -2.36. The maximum Gasteiger partial charge on any atom is 0.270 e. The third-order valence-electron chi connectivity index (χ3n) is 3.99. The number of carbonyl (C=O) groups excluding carboxylic acids is 1. The highest BCUT2D eigenvalue weighted by Crippen LogP contribution is 2.34. The Labute approximate surface area is 142 Å². The van der Waals surface area contributed by atoms with Crippen LogP contribution in [0.3, 0.4) is 0 Å². The lowest BCUT2D eigenvalue weighted by molar-refractivity contribution is -0.385. The summed E-state index contributed by atoms with van der Waals surface area (Å²) in [5, 5.41) is 24.0. The molecule has 1 heterocycles. The minimum Gasteiger partial charge on any atom is -0.493 e. The number of aliphatic hydroxyl groups is 1. The SMILES string of the molecule is O=C(NC1c2cc([N+](=O)[O-])ccc2OCCC1O)c1ccc(F)cc1. The van der Waals surface area contributed by atoms with Crippen molar-refractivity contribution in [2.24, 2.45) is 0 Å². The first kappa shape index (κ1) is 16.8. The van der Waals surface area contributed by atoms with E-state index >= 15 is 0 Å². The number of nitrogens with zero attached hydrogens (tertiary/aromatic N) is 1. The molecule has 25 heavy (non-hydrogen) atoms. The maximum absolute atomic E-state index is 13.0. The molecule has 1 aliphatic rings. The van der Waals surface area contributed by atoms with Gasteiger partial charge in [0.05, 0.1) is 23.7 Å². The Bertz CT molecular complexity index is 809. The van der Waals surface area contributed by atoms with Crippen molar-refractivity contribution in [2.45, 2.75) is 18.6 Å². The zero-order chi connectivity index (χ0) is 18.0. The molecule has 2 atom stereocenters. The van der Waals surface area contributed by atoms with Gasteiger partial charge in [0.25, 0.3) is 11.6 Å². The highest BCUT2D eigenvalue weighted by molar-refractivity contribution is 5.94. The summed E-state index contributed by atoms with van der Waals surface area (Å²) in [5.74, 6) is -0.629. The molecule has 7 nitrogen and oxygen atoms in total. The van der Waals surface area contributed by atoms with Crippen molar-refractivity contribution in [1.82, 2.24) is 5.32 Å². The second-order valence-corrected chi connectivity index (χ2v) is 5.64. The highest BCUT2D eigenvalue weighted by atomic mass is 19.1. The Morgan fingerprint density at radius 2 is 2.00 bits per heavy atom. The van der Waals surface area contributed by atoms with Crippen molar-refractivity contribution in [2.75, 3.05) is 6.61 Å². The van der Waals surface area contributed by atoms with E-state index in [4.69, 9.17) is 4.74 Å². The van der Waals surface area contributed by atoms with Crippen LogP contribution >= 0.6 is 0 Å². The monoisotopic (exact) mass is 346 g/mol. The summed E-state index contributed by atoms with van der Waals surface area (Å²) in [4.78, 5) is 22.8. The van der Waals surface area contributed by atoms with Gasteiger partial charge in [-0.3, -0.25) is 14.9 Å². The molecular weight excluding hydrogens is 331 g/mol. The number of benzene rings is 2. The molecule has 0 saturated heterocycles. The van der Waals surface area contributed by atoms with E-state index in [9.17, 15) is 24.4 Å². The van der Waals surface area contributed by atoms with Gasteiger partial charge in [-0.05, 0) is 30.3 Å². The fourth-order valence-corrected chi connectivity index (χ4v) is 2.69. The van der Waals surface area contributed by atoms with Crippen molar-refractivity contribution in [3.8, 4) is 5.75 Å². The van der Waals surface area contributed by atoms with Crippen LogP contribution in [0.2, 0.25) is 0 Å². The Morgan fingerprint density at radius 1 is 1.28 bits per heavy atom. The van der Waals surface area contributed by atoms with Gasteiger partial charge < -0.3 is 15.2 Å². The summed E-state index contributed by atoms with van der Waals surface area (Å²) < 4.78 is 18.5. The molecule has 0 fully saturated rings. The molecule has 0 saturated carbocycles. The quantitative estimate of drug-likeness (QED) is 0.656. The third-order valence-corrected chi connectivity index (χ3v) is 3.99. The minimum absolute atomic E-state index is 0.169. The zero-order valence-corrected chi connectivity index (χ0v) is 13.0. The van der Waals surface area contributed by atoms with E-state index in [2.05, 4.69) is 5.32 Å². The molecule has 0 bridgehead atoms. The van der Waals surface area contributed by atoms with Crippen LogP contribution in [0.15, 0.2) is 42.5 Å². The first-order valence-electron chi connectivity index (χ1n) is 7.61. The van der Waals surface area contributed by atoms with Gasteiger partial charge in [-0.2, -0.15) is 0 Å². The van der Waals surface area contributed by atoms with Gasteiger partial charge in [-0.1, -0.05) is 0 Å². The predicted octanol–water partition coefficient (Wildman–Crippen LogP) is 2.35. The molecule has 8 heteroatoms. The van der Waals surface area contributed by atoms with Crippen molar-refractivity contribution in [3.63, 3.8) is 0 Å². The smallest absolute Gasteiger partial charge is 0.270 e. The van der Waals surface area contributed by atoms with Crippen LogP contribution < -0.4 is 10.1 Å². The lowest BCUT2D eigenvalue weighted by atomic mass is 9.98. The summed E-state index contributed by atoms with van der Waals surface area (Å²) in [6.45, 7) is 0.217. The molecule has 1 amide bonds. The van der Waals surface area contributed by atoms with Crippen molar-refractivity contribution >= 4 is 11.6 Å². The second kappa shape index (κ2) is 6.86. The maximum atomic E-state index is 13.0. The number of carbonyl (C=O) groups is 1. The molecule has 2 aromatic carbocycles. The summed E-state index contributed by atoms with van der Waals surface area (Å²) in [6.07, 6.45) is -0.732. The number of rotatable bonds is 3. The number of fused-ring (bicyclic) bond motifs is 1. The van der Waals surface area contributed by atoms with E-state index in [1.165, 1.54) is 30.3 Å². The van der Waals surface area contributed by atoms with Gasteiger partial charge in [0, 0.05) is 29.7 Å². The van der Waals surface area contributed by atoms with Crippen LogP contribution in [0, 0.1) is 15.9 Å². The number of nitro benzene ring substituents is 1. The number of halogens is 1. The average Bonchev–Trinajstić information content (AvgIpc) is 2.74. The van der Waals surface area contributed by atoms with Crippen molar-refractivity contribution < 1.29 is 24.0 Å². The fraction of sp³-hybridized carbons (Fsp3) is 0.235. The van der Waals surface area contributed by atoms with Crippen LogP contribution in [0.4, 0.5) is 10.1 Å². The average molecular weight is 346 g/mol. The largest absolute Gasteiger partial charge is 0.493 e. The molecule has 2 aromatic rings. The Kier molecular flexibility index (Phi) is 4.62. The number of nitrogens with one attached hydrogen (secondary N) is 1. The van der Waals surface area contributed by atoms with Gasteiger partial charge in [-0.15, -0.1) is 0 Å². The normalized spacial score (nSPS) is 19.3. The molecule has 2 unspecified atom stereocenters. The molecule has 130 valence electrons. The molecular formula is C17H15FN2O5. The minimum atomic E-state index is -0.979. The second-order valence-electron chi connectivity index (χ2n) is 5.64.